The first kappa shape index (κ1) is 35.9. The Labute approximate surface area is 278 Å². The quantitative estimate of drug-likeness (QED) is 0.0272. The Morgan fingerprint density at radius 3 is 2.50 bits per heavy atom. The topological polar surface area (TPSA) is 275 Å². The molecule has 8 N–H and O–H groups in total. The molecule has 1 aliphatic heterocycles. The highest BCUT2D eigenvalue weighted by atomic mass is 32.3. The van der Waals surface area contributed by atoms with E-state index in [1.807, 2.05) is 19.2 Å². The maximum Gasteiger partial charge on any atom is 0.418 e. The molecule has 258 valence electrons. The molecule has 2 amide bonds. The Balaban J connectivity index is 1.43. The zero-order valence-corrected chi connectivity index (χ0v) is 27.5. The summed E-state index contributed by atoms with van der Waals surface area (Å²) in [6.07, 6.45) is -0.870. The van der Waals surface area contributed by atoms with Crippen LogP contribution in [0.5, 0.6) is 5.75 Å². The minimum absolute atomic E-state index is 0.0546. The molecule has 0 bridgehead atoms. The van der Waals surface area contributed by atoms with Crippen LogP contribution in [0.4, 0.5) is 10.9 Å². The number of carbonyl (C=O) groups excluding carboxylic acids is 2. The van der Waals surface area contributed by atoms with Gasteiger partial charge in [-0.25, -0.2) is 9.78 Å². The molecular weight excluding hydrogens is 674 g/mol. The van der Waals surface area contributed by atoms with Gasteiger partial charge in [0.05, 0.1) is 12.1 Å². The number of aromatic nitrogens is 3. The molecule has 2 aromatic heterocycles. The van der Waals surface area contributed by atoms with Gasteiger partial charge in [-0.05, 0) is 57.1 Å². The summed E-state index contributed by atoms with van der Waals surface area (Å²) in [7, 11) is -3.21. The van der Waals surface area contributed by atoms with Crippen LogP contribution < -0.4 is 31.5 Å². The van der Waals surface area contributed by atoms with E-state index in [1.165, 1.54) is 19.2 Å². The van der Waals surface area contributed by atoms with Crippen molar-refractivity contribution in [3.05, 3.63) is 47.5 Å². The summed E-state index contributed by atoms with van der Waals surface area (Å²) in [5.74, 6) is -2.34. The third kappa shape index (κ3) is 8.68. The van der Waals surface area contributed by atoms with Crippen LogP contribution >= 0.6 is 11.3 Å². The number of nitrogen functional groups attached to an aromatic ring is 1. The van der Waals surface area contributed by atoms with Crippen molar-refractivity contribution < 1.29 is 51.0 Å². The lowest BCUT2D eigenvalue weighted by atomic mass is 9.84. The first-order valence-corrected chi connectivity index (χ1v) is 16.4. The lowest BCUT2D eigenvalue weighted by Crippen LogP contribution is -2.76. The highest BCUT2D eigenvalue weighted by molar-refractivity contribution is 7.80. The fraction of sp³-hybridized carbons (Fsp3) is 0.370. The average molecular weight is 709 g/mol. The number of ether oxygens (including phenoxy) is 1. The third-order valence-electron chi connectivity index (χ3n) is 6.89. The number of anilines is 2. The highest BCUT2D eigenvalue weighted by Gasteiger charge is 2.58. The number of amides is 2. The van der Waals surface area contributed by atoms with Crippen LogP contribution in [-0.4, -0.2) is 94.1 Å². The maximum absolute atomic E-state index is 13.2. The summed E-state index contributed by atoms with van der Waals surface area (Å²) >= 11 is 0.955. The van der Waals surface area contributed by atoms with Crippen molar-refractivity contribution in [3.63, 3.8) is 0 Å². The van der Waals surface area contributed by atoms with Gasteiger partial charge < -0.3 is 31.5 Å². The summed E-state index contributed by atoms with van der Waals surface area (Å²) in [5, 5.41) is 25.4. The number of carbonyl (C=O) groups is 3. The van der Waals surface area contributed by atoms with Gasteiger partial charge in [-0.1, -0.05) is 10.3 Å². The molecule has 2 atom stereocenters. The zero-order chi connectivity index (χ0) is 35.2. The van der Waals surface area contributed by atoms with Gasteiger partial charge >= 0.3 is 16.4 Å². The molecule has 21 heteroatoms. The van der Waals surface area contributed by atoms with E-state index in [0.29, 0.717) is 29.6 Å². The van der Waals surface area contributed by atoms with E-state index in [1.54, 1.807) is 28.9 Å². The number of nitrogens with zero attached hydrogens (tertiary/aromatic N) is 5. The van der Waals surface area contributed by atoms with Crippen LogP contribution in [0.2, 0.25) is 0 Å². The van der Waals surface area contributed by atoms with Gasteiger partial charge in [-0.3, -0.25) is 19.5 Å². The smallest absolute Gasteiger partial charge is 0.418 e. The number of hydroxylamine groups is 2. The molecule has 1 aromatic carbocycles. The van der Waals surface area contributed by atoms with Crippen LogP contribution in [0.15, 0.2) is 46.9 Å². The number of β-lactam (4-membered cyclic amide) rings is 1. The molecule has 0 radical (unpaired) electrons. The summed E-state index contributed by atoms with van der Waals surface area (Å²) in [4.78, 5) is 46.9. The SMILES string of the molecule is C[n+]1nc(-c2ccc(OC[C@H](O/N=C(\C(=O)NC3C(=O)N(OS(=O)(=O)O)C3(C)C)c3csc(N)n3)C(=O)O)cc2)ccc1NCCCN. The maximum atomic E-state index is 13.2. The van der Waals surface area contributed by atoms with Crippen molar-refractivity contribution in [1.29, 1.82) is 0 Å². The molecule has 1 fully saturated rings. The number of aliphatic carboxylic acids is 1. The molecule has 19 nitrogen and oxygen atoms in total. The van der Waals surface area contributed by atoms with Crippen molar-refractivity contribution in [2.24, 2.45) is 17.9 Å². The van der Waals surface area contributed by atoms with E-state index in [4.69, 9.17) is 25.6 Å². The number of nitrogens with one attached hydrogen (secondary N) is 2. The van der Waals surface area contributed by atoms with Crippen LogP contribution in [0.25, 0.3) is 11.3 Å². The first-order chi connectivity index (χ1) is 22.6. The Kier molecular flexibility index (Phi) is 11.1. The van der Waals surface area contributed by atoms with Gasteiger partial charge in [-0.2, -0.15) is 13.5 Å². The van der Waals surface area contributed by atoms with E-state index < -0.39 is 58.2 Å². The predicted octanol–water partition coefficient (Wildman–Crippen LogP) is -0.535. The van der Waals surface area contributed by atoms with Gasteiger partial charge in [0.2, 0.25) is 0 Å². The number of hydrogen-bond acceptors (Lipinski definition) is 15. The van der Waals surface area contributed by atoms with Gasteiger partial charge in [0, 0.05) is 17.0 Å². The molecular formula is C27H34N9O10S2+. The number of carboxylic acid groups (broad SMARTS) is 1. The Hall–Kier alpha value is -4.96. The number of thiazole rings is 1. The monoisotopic (exact) mass is 708 g/mol. The molecule has 3 heterocycles. The van der Waals surface area contributed by atoms with Crippen molar-refractivity contribution in [3.8, 4) is 17.0 Å². The minimum atomic E-state index is -5.02. The van der Waals surface area contributed by atoms with Gasteiger partial charge in [0.25, 0.3) is 23.7 Å². The van der Waals surface area contributed by atoms with Crippen LogP contribution in [0.3, 0.4) is 0 Å². The number of hydrogen-bond donors (Lipinski definition) is 6. The Bertz CT molecular complexity index is 1800. The van der Waals surface area contributed by atoms with Crippen molar-refractivity contribution in [2.75, 3.05) is 30.7 Å². The van der Waals surface area contributed by atoms with Crippen molar-refractivity contribution >= 4 is 56.2 Å². The Morgan fingerprint density at radius 2 is 1.94 bits per heavy atom. The predicted molar refractivity (Wildman–Crippen MR) is 170 cm³/mol. The molecule has 0 saturated carbocycles. The normalized spacial score (nSPS) is 16.5. The van der Waals surface area contributed by atoms with Crippen molar-refractivity contribution in [2.45, 2.75) is 38.0 Å². The van der Waals surface area contributed by atoms with Gasteiger partial charge in [0.15, 0.2) is 10.8 Å². The van der Waals surface area contributed by atoms with Gasteiger partial charge in [0.1, 0.15) is 36.8 Å². The minimum Gasteiger partial charge on any atom is -0.489 e. The van der Waals surface area contributed by atoms with E-state index in [2.05, 4.69) is 30.2 Å². The summed E-state index contributed by atoms with van der Waals surface area (Å²) in [6.45, 7) is 3.50. The largest absolute Gasteiger partial charge is 0.489 e. The molecule has 0 spiro atoms. The lowest BCUT2D eigenvalue weighted by molar-refractivity contribution is -0.716. The first-order valence-electron chi connectivity index (χ1n) is 14.1. The summed E-state index contributed by atoms with van der Waals surface area (Å²) < 4.78 is 42.7. The fourth-order valence-corrected chi connectivity index (χ4v) is 5.34. The van der Waals surface area contributed by atoms with E-state index in [9.17, 15) is 27.9 Å². The number of carboxylic acids is 1. The summed E-state index contributed by atoms with van der Waals surface area (Å²) in [5.41, 5.74) is 10.6. The molecule has 1 aliphatic rings. The second-order valence-corrected chi connectivity index (χ2v) is 12.7. The average Bonchev–Trinajstić information content (AvgIpc) is 3.46. The molecule has 3 aromatic rings. The number of nitrogens with two attached hydrogens (primary N) is 2. The highest BCUT2D eigenvalue weighted by Crippen LogP contribution is 2.33. The number of oxime groups is 1. The molecule has 0 aliphatic carbocycles. The molecule has 4 rings (SSSR count). The Morgan fingerprint density at radius 1 is 1.23 bits per heavy atom. The zero-order valence-electron chi connectivity index (χ0n) is 25.9. The van der Waals surface area contributed by atoms with E-state index in [0.717, 1.165) is 29.1 Å². The second-order valence-electron chi connectivity index (χ2n) is 10.8. The van der Waals surface area contributed by atoms with E-state index >= 15 is 0 Å². The third-order valence-corrected chi connectivity index (χ3v) is 7.90. The second kappa shape index (κ2) is 14.9. The number of benzene rings is 1. The van der Waals surface area contributed by atoms with Crippen LogP contribution in [-0.2, 0) is 41.0 Å². The van der Waals surface area contributed by atoms with Gasteiger partial charge in [-0.15, -0.1) is 20.3 Å². The van der Waals surface area contributed by atoms with Crippen LogP contribution in [0, 0.1) is 0 Å². The number of rotatable bonds is 16. The van der Waals surface area contributed by atoms with Crippen LogP contribution in [0.1, 0.15) is 26.0 Å². The fourth-order valence-electron chi connectivity index (χ4n) is 4.34. The number of aryl methyl sites for hydroxylation is 1. The standard InChI is InChI=1S/C27H33N9O10S2/c1-27(2)22(24(38)36(27)46-48(41,42)43)32-23(37)21(18-14-47-26(29)31-18)34-45-19(25(39)40)13-44-16-7-5-15(6-8-16)17-9-10-20(35(3)33-17)30-12-4-11-28/h5-10,14,19,22H,4,11-13,28H2,1-3H3,(H5,29,31,32,37,39,40,41,42,43)/p+1/b34-21-/t19-,22?/m0/s1. The molecule has 1 saturated heterocycles. The molecule has 1 unspecified atom stereocenters. The molecule has 48 heavy (non-hydrogen) atoms. The lowest BCUT2D eigenvalue weighted by Gasteiger charge is -2.50. The van der Waals surface area contributed by atoms with Crippen molar-refractivity contribution in [1.82, 2.24) is 20.5 Å². The summed E-state index contributed by atoms with van der Waals surface area (Å²) in [6, 6.07) is 9.14. The van der Waals surface area contributed by atoms with E-state index in [-0.39, 0.29) is 10.8 Å².